The summed E-state index contributed by atoms with van der Waals surface area (Å²) in [7, 11) is -8.02. The predicted molar refractivity (Wildman–Crippen MR) is 66.6 cm³/mol. The van der Waals surface area contributed by atoms with Crippen molar-refractivity contribution in [2.45, 2.75) is 47.0 Å². The van der Waals surface area contributed by atoms with Crippen LogP contribution in [0.15, 0.2) is 0 Å². The Morgan fingerprint density at radius 2 is 1.38 bits per heavy atom. The van der Waals surface area contributed by atoms with Crippen molar-refractivity contribution in [3.8, 4) is 0 Å². The third-order valence-electron chi connectivity index (χ3n) is 1.99. The van der Waals surface area contributed by atoms with E-state index in [4.69, 9.17) is 0 Å². The van der Waals surface area contributed by atoms with Crippen LogP contribution in [0.25, 0.3) is 0 Å². The van der Waals surface area contributed by atoms with E-state index in [2.05, 4.69) is 0 Å². The van der Waals surface area contributed by atoms with Crippen molar-refractivity contribution in [1.29, 1.82) is 0 Å². The van der Waals surface area contributed by atoms with Gasteiger partial charge in [-0.1, -0.05) is 40.5 Å². The zero-order valence-corrected chi connectivity index (χ0v) is 12.1. The zero-order valence-electron chi connectivity index (χ0n) is 10.5. The first-order valence-electron chi connectivity index (χ1n) is 5.47. The van der Waals surface area contributed by atoms with Crippen LogP contribution in [0.4, 0.5) is 0 Å². The summed E-state index contributed by atoms with van der Waals surface area (Å²) in [6, 6.07) is 0. The first-order chi connectivity index (χ1) is 7.02. The maximum Gasteiger partial charge on any atom is 0.254 e. The minimum atomic E-state index is -4.03. The number of hydrogen-bond donors (Lipinski definition) is 0. The second kappa shape index (κ2) is 5.49. The molecule has 0 aromatic heterocycles. The topological polar surface area (TPSA) is 68.3 Å². The number of rotatable bonds is 6. The smallest absolute Gasteiger partial charge is 0.213 e. The fourth-order valence-electron chi connectivity index (χ4n) is 1.28. The summed E-state index contributed by atoms with van der Waals surface area (Å²) in [5.74, 6) is -0.562. The fourth-order valence-corrected chi connectivity index (χ4v) is 6.04. The fraction of sp³-hybridized carbons (Fsp3) is 1.00. The summed E-state index contributed by atoms with van der Waals surface area (Å²) in [5.41, 5.74) is -0.531. The Balaban J connectivity index is 4.75. The Kier molecular flexibility index (Phi) is 5.46. The van der Waals surface area contributed by atoms with E-state index in [1.807, 2.05) is 6.92 Å². The Morgan fingerprint density at radius 1 is 0.875 bits per heavy atom. The molecule has 0 saturated carbocycles. The molecule has 0 aliphatic rings. The molecule has 0 saturated heterocycles. The van der Waals surface area contributed by atoms with Crippen molar-refractivity contribution in [2.24, 2.45) is 5.41 Å². The van der Waals surface area contributed by atoms with Crippen LogP contribution in [0.3, 0.4) is 0 Å². The molecule has 0 heterocycles. The summed E-state index contributed by atoms with van der Waals surface area (Å²) in [4.78, 5) is 0. The zero-order chi connectivity index (χ0) is 13.0. The summed E-state index contributed by atoms with van der Waals surface area (Å²) < 4.78 is 46.6. The molecule has 0 rings (SSSR count). The SMILES string of the molecule is CCCCCS(=O)(=O)S(=O)(=O)CC(C)(C)C. The average Bonchev–Trinajstić information content (AvgIpc) is 1.99. The maximum atomic E-state index is 11.7. The first-order valence-corrected chi connectivity index (χ1v) is 9.29. The van der Waals surface area contributed by atoms with Crippen molar-refractivity contribution >= 4 is 17.7 Å². The van der Waals surface area contributed by atoms with E-state index in [0.29, 0.717) is 6.42 Å². The third kappa shape index (κ3) is 5.30. The molecule has 4 nitrogen and oxygen atoms in total. The van der Waals surface area contributed by atoms with Gasteiger partial charge in [0.15, 0.2) is 0 Å². The summed E-state index contributed by atoms with van der Waals surface area (Å²) in [6.07, 6.45) is 2.03. The summed E-state index contributed by atoms with van der Waals surface area (Å²) in [6.45, 7) is 7.08. The molecular formula is C10H22O4S2. The second-order valence-corrected chi connectivity index (χ2v) is 11.2. The van der Waals surface area contributed by atoms with E-state index in [1.54, 1.807) is 20.8 Å². The van der Waals surface area contributed by atoms with Gasteiger partial charge >= 0.3 is 0 Å². The van der Waals surface area contributed by atoms with E-state index < -0.39 is 23.2 Å². The summed E-state index contributed by atoms with van der Waals surface area (Å²) >= 11 is 0. The van der Waals surface area contributed by atoms with E-state index in [1.165, 1.54) is 0 Å². The molecule has 0 aliphatic carbocycles. The van der Waals surface area contributed by atoms with E-state index in [-0.39, 0.29) is 11.5 Å². The highest BCUT2D eigenvalue weighted by Crippen LogP contribution is 2.20. The molecule has 6 heteroatoms. The van der Waals surface area contributed by atoms with Crippen LogP contribution in [0.5, 0.6) is 0 Å². The van der Waals surface area contributed by atoms with Gasteiger partial charge in [0.1, 0.15) is 0 Å². The molecule has 0 radical (unpaired) electrons. The molecule has 0 bridgehead atoms. The largest absolute Gasteiger partial charge is 0.254 e. The molecule has 0 aromatic rings. The lowest BCUT2D eigenvalue weighted by Gasteiger charge is -2.17. The van der Waals surface area contributed by atoms with Crippen LogP contribution in [0.2, 0.25) is 0 Å². The van der Waals surface area contributed by atoms with Crippen molar-refractivity contribution < 1.29 is 16.8 Å². The molecule has 0 aromatic carbocycles. The third-order valence-corrected chi connectivity index (χ3v) is 7.95. The molecule has 0 fully saturated rings. The van der Waals surface area contributed by atoms with Gasteiger partial charge in [0.25, 0.3) is 17.7 Å². The van der Waals surface area contributed by atoms with E-state index in [0.717, 1.165) is 12.8 Å². The van der Waals surface area contributed by atoms with Gasteiger partial charge in [-0.05, 0) is 11.8 Å². The van der Waals surface area contributed by atoms with Gasteiger partial charge < -0.3 is 0 Å². The highest BCUT2D eigenvalue weighted by molar-refractivity contribution is 8.67. The van der Waals surface area contributed by atoms with E-state index in [9.17, 15) is 16.8 Å². The molecule has 98 valence electrons. The van der Waals surface area contributed by atoms with Crippen molar-refractivity contribution in [3.05, 3.63) is 0 Å². The van der Waals surface area contributed by atoms with Crippen LogP contribution in [0, 0.1) is 5.41 Å². The van der Waals surface area contributed by atoms with Crippen LogP contribution in [-0.2, 0) is 17.7 Å². The normalized spacial score (nSPS) is 14.0. The Morgan fingerprint density at radius 3 is 1.75 bits per heavy atom. The van der Waals surface area contributed by atoms with Crippen LogP contribution >= 0.6 is 0 Å². The predicted octanol–water partition coefficient (Wildman–Crippen LogP) is 1.97. The van der Waals surface area contributed by atoms with Crippen LogP contribution in [0.1, 0.15) is 47.0 Å². The van der Waals surface area contributed by atoms with Gasteiger partial charge in [0.2, 0.25) is 0 Å². The van der Waals surface area contributed by atoms with Gasteiger partial charge in [-0.15, -0.1) is 0 Å². The quantitative estimate of drug-likeness (QED) is 0.546. The van der Waals surface area contributed by atoms with Gasteiger partial charge in [0.05, 0.1) is 11.5 Å². The number of hydrogen-bond acceptors (Lipinski definition) is 4. The van der Waals surface area contributed by atoms with Crippen molar-refractivity contribution in [2.75, 3.05) is 11.5 Å². The highest BCUT2D eigenvalue weighted by atomic mass is 33.2. The lowest BCUT2D eigenvalue weighted by molar-refractivity contribution is 0.464. The van der Waals surface area contributed by atoms with Gasteiger partial charge in [-0.2, -0.15) is 0 Å². The van der Waals surface area contributed by atoms with Gasteiger partial charge in [0, 0.05) is 0 Å². The average molecular weight is 270 g/mol. The van der Waals surface area contributed by atoms with Gasteiger partial charge in [-0.25, -0.2) is 16.8 Å². The van der Waals surface area contributed by atoms with Crippen LogP contribution < -0.4 is 0 Å². The number of unbranched alkanes of at least 4 members (excludes halogenated alkanes) is 2. The van der Waals surface area contributed by atoms with E-state index >= 15 is 0 Å². The lowest BCUT2D eigenvalue weighted by Crippen LogP contribution is -2.28. The molecule has 0 spiro atoms. The molecule has 0 N–H and O–H groups in total. The standard InChI is InChI=1S/C10H22O4S2/c1-5-6-7-8-15(11,12)16(13,14)9-10(2,3)4/h5-9H2,1-4H3. The molecule has 0 atom stereocenters. The Labute approximate surface area is 98.7 Å². The molecule has 0 amide bonds. The highest BCUT2D eigenvalue weighted by Gasteiger charge is 2.33. The second-order valence-electron chi connectivity index (χ2n) is 5.23. The first kappa shape index (κ1) is 15.9. The van der Waals surface area contributed by atoms with Gasteiger partial charge in [-0.3, -0.25) is 0 Å². The maximum absolute atomic E-state index is 11.7. The van der Waals surface area contributed by atoms with Crippen molar-refractivity contribution in [1.82, 2.24) is 0 Å². The monoisotopic (exact) mass is 270 g/mol. The molecule has 0 aliphatic heterocycles. The Hall–Kier alpha value is -0.100. The van der Waals surface area contributed by atoms with Crippen LogP contribution in [-0.4, -0.2) is 28.3 Å². The minimum Gasteiger partial charge on any atom is -0.213 e. The lowest BCUT2D eigenvalue weighted by atomic mass is 10.0. The summed E-state index contributed by atoms with van der Waals surface area (Å²) in [5, 5.41) is 0. The minimum absolute atomic E-state index is 0.251. The molecular weight excluding hydrogens is 248 g/mol. The molecule has 16 heavy (non-hydrogen) atoms. The molecule has 0 unspecified atom stereocenters. The van der Waals surface area contributed by atoms with Crippen molar-refractivity contribution in [3.63, 3.8) is 0 Å². The Bertz CT molecular complexity index is 399.